The summed E-state index contributed by atoms with van der Waals surface area (Å²) in [6, 6.07) is 7.69. The van der Waals surface area contributed by atoms with Gasteiger partial charge in [-0.3, -0.25) is 0 Å². The third kappa shape index (κ3) is 3.04. The molecule has 0 saturated carbocycles. The first kappa shape index (κ1) is 16.9. The maximum absolute atomic E-state index is 12.3. The normalized spacial score (nSPS) is 20.0. The molecule has 24 heavy (non-hydrogen) atoms. The Labute approximate surface area is 142 Å². The number of aliphatic hydroxyl groups excluding tert-OH is 1. The first-order chi connectivity index (χ1) is 11.3. The van der Waals surface area contributed by atoms with Gasteiger partial charge in [0.2, 0.25) is 0 Å². The Morgan fingerprint density at radius 2 is 1.92 bits per heavy atom. The van der Waals surface area contributed by atoms with Gasteiger partial charge in [-0.05, 0) is 42.3 Å². The molecule has 3 rings (SSSR count). The number of fused-ring (bicyclic) bond motifs is 1. The number of hydrogen-bond acceptors (Lipinski definition) is 4. The van der Waals surface area contributed by atoms with E-state index >= 15 is 0 Å². The van der Waals surface area contributed by atoms with Crippen molar-refractivity contribution in [2.24, 2.45) is 5.41 Å². The molecule has 0 aliphatic carbocycles. The van der Waals surface area contributed by atoms with Crippen LogP contribution in [0.3, 0.4) is 0 Å². The lowest BCUT2D eigenvalue weighted by Gasteiger charge is -2.34. The van der Waals surface area contributed by atoms with Gasteiger partial charge >= 0.3 is 5.63 Å². The van der Waals surface area contributed by atoms with Gasteiger partial charge in [0.15, 0.2) is 0 Å². The van der Waals surface area contributed by atoms with Crippen molar-refractivity contribution in [3.05, 3.63) is 52.1 Å². The van der Waals surface area contributed by atoms with Crippen LogP contribution in [0.2, 0.25) is 0 Å². The monoisotopic (exact) mass is 327 g/mol. The van der Waals surface area contributed by atoms with Gasteiger partial charge in [-0.15, -0.1) is 0 Å². The Bertz CT molecular complexity index is 840. The molecule has 1 aromatic heterocycles. The highest BCUT2D eigenvalue weighted by Gasteiger charge is 2.28. The van der Waals surface area contributed by atoms with E-state index < -0.39 is 11.7 Å². The summed E-state index contributed by atoms with van der Waals surface area (Å²) in [7, 11) is 0. The van der Waals surface area contributed by atoms with E-state index in [-0.39, 0.29) is 11.5 Å². The molecule has 0 bridgehead atoms. The summed E-state index contributed by atoms with van der Waals surface area (Å²) in [6.07, 6.45) is 2.22. The molecule has 2 aromatic rings. The molecule has 2 heterocycles. The summed E-state index contributed by atoms with van der Waals surface area (Å²) in [6.45, 7) is 9.09. The number of benzene rings is 1. The fourth-order valence-electron chi connectivity index (χ4n) is 3.31. The lowest BCUT2D eigenvalue weighted by Crippen LogP contribution is -2.41. The fraction of sp³-hybridized carbons (Fsp3) is 0.450. The minimum Gasteiger partial charge on any atom is -0.424 e. The third-order valence-electron chi connectivity index (χ3n) is 4.63. The van der Waals surface area contributed by atoms with Crippen molar-refractivity contribution in [1.29, 1.82) is 0 Å². The SMILES string of the molecule is CC(O)c1oc(=O)c2ccccc2c1C1=CC(C(C)(C)C)NCC1. The smallest absolute Gasteiger partial charge is 0.343 e. The highest BCUT2D eigenvalue weighted by molar-refractivity contribution is 5.94. The van der Waals surface area contributed by atoms with Crippen LogP contribution < -0.4 is 10.9 Å². The zero-order chi connectivity index (χ0) is 17.5. The molecule has 2 unspecified atom stereocenters. The van der Waals surface area contributed by atoms with Crippen molar-refractivity contribution in [1.82, 2.24) is 5.32 Å². The van der Waals surface area contributed by atoms with Crippen LogP contribution in [0, 0.1) is 5.41 Å². The van der Waals surface area contributed by atoms with Crippen LogP contribution >= 0.6 is 0 Å². The maximum Gasteiger partial charge on any atom is 0.343 e. The summed E-state index contributed by atoms with van der Waals surface area (Å²) in [5.41, 5.74) is 1.69. The van der Waals surface area contributed by atoms with Gasteiger partial charge in [0.1, 0.15) is 11.9 Å². The second kappa shape index (κ2) is 6.19. The third-order valence-corrected chi connectivity index (χ3v) is 4.63. The highest BCUT2D eigenvalue weighted by Crippen LogP contribution is 2.35. The van der Waals surface area contributed by atoms with Crippen molar-refractivity contribution in [3.63, 3.8) is 0 Å². The molecule has 0 amide bonds. The molecule has 1 aliphatic heterocycles. The Morgan fingerprint density at radius 1 is 1.25 bits per heavy atom. The van der Waals surface area contributed by atoms with Crippen LogP contribution in [0.15, 0.2) is 39.6 Å². The summed E-state index contributed by atoms with van der Waals surface area (Å²) in [5, 5.41) is 15.1. The molecule has 2 N–H and O–H groups in total. The van der Waals surface area contributed by atoms with Gasteiger partial charge in [0, 0.05) is 11.6 Å². The Morgan fingerprint density at radius 3 is 2.54 bits per heavy atom. The van der Waals surface area contributed by atoms with Gasteiger partial charge in [-0.2, -0.15) is 0 Å². The van der Waals surface area contributed by atoms with Crippen molar-refractivity contribution in [2.45, 2.75) is 46.3 Å². The number of hydrogen-bond donors (Lipinski definition) is 2. The van der Waals surface area contributed by atoms with Gasteiger partial charge in [-0.25, -0.2) is 4.79 Å². The Kier molecular flexibility index (Phi) is 4.37. The first-order valence-corrected chi connectivity index (χ1v) is 8.47. The zero-order valence-electron chi connectivity index (χ0n) is 14.7. The average molecular weight is 327 g/mol. The van der Waals surface area contributed by atoms with E-state index in [0.29, 0.717) is 11.1 Å². The van der Waals surface area contributed by atoms with Crippen molar-refractivity contribution < 1.29 is 9.52 Å². The molecule has 128 valence electrons. The minimum absolute atomic E-state index is 0.0854. The number of rotatable bonds is 2. The molecule has 0 spiro atoms. The maximum atomic E-state index is 12.3. The van der Waals surface area contributed by atoms with Crippen LogP contribution in [0.1, 0.15) is 51.5 Å². The quantitative estimate of drug-likeness (QED) is 0.884. The van der Waals surface area contributed by atoms with Crippen molar-refractivity contribution in [3.8, 4) is 0 Å². The zero-order valence-corrected chi connectivity index (χ0v) is 14.7. The molecule has 4 heteroatoms. The second-order valence-electron chi connectivity index (χ2n) is 7.59. The molecular weight excluding hydrogens is 302 g/mol. The van der Waals surface area contributed by atoms with Crippen molar-refractivity contribution in [2.75, 3.05) is 6.54 Å². The van der Waals surface area contributed by atoms with Crippen molar-refractivity contribution >= 4 is 16.3 Å². The van der Waals surface area contributed by atoms with E-state index in [9.17, 15) is 9.90 Å². The number of nitrogens with one attached hydrogen (secondary N) is 1. The fourth-order valence-corrected chi connectivity index (χ4v) is 3.31. The second-order valence-corrected chi connectivity index (χ2v) is 7.59. The lowest BCUT2D eigenvalue weighted by molar-refractivity contribution is 0.164. The highest BCUT2D eigenvalue weighted by atomic mass is 16.4. The van der Waals surface area contributed by atoms with E-state index in [0.717, 1.165) is 29.5 Å². The predicted octanol–water partition coefficient (Wildman–Crippen LogP) is 3.64. The topological polar surface area (TPSA) is 62.5 Å². The van der Waals surface area contributed by atoms with Gasteiger partial charge in [0.05, 0.1) is 5.39 Å². The van der Waals surface area contributed by atoms with Crippen LogP contribution in [0.4, 0.5) is 0 Å². The van der Waals surface area contributed by atoms with Gasteiger partial charge in [0.25, 0.3) is 0 Å². The number of aliphatic hydroxyl groups is 1. The van der Waals surface area contributed by atoms with Crippen LogP contribution in [0.25, 0.3) is 16.3 Å². The minimum atomic E-state index is -0.832. The standard InChI is InChI=1S/C20H25NO3/c1-12(22)18-17(13-9-10-21-16(11-13)20(2,3)4)14-7-5-6-8-15(14)19(23)24-18/h5-8,11-12,16,21-22H,9-10H2,1-4H3. The molecule has 0 radical (unpaired) electrons. The van der Waals surface area contributed by atoms with Gasteiger partial charge < -0.3 is 14.8 Å². The van der Waals surface area contributed by atoms with Crippen LogP contribution in [-0.2, 0) is 0 Å². The Balaban J connectivity index is 2.28. The Hall–Kier alpha value is -1.91. The summed E-state index contributed by atoms with van der Waals surface area (Å²) < 4.78 is 5.49. The van der Waals surface area contributed by atoms with E-state index in [2.05, 4.69) is 32.2 Å². The van der Waals surface area contributed by atoms with E-state index in [1.54, 1.807) is 13.0 Å². The average Bonchev–Trinajstić information content (AvgIpc) is 2.54. The largest absolute Gasteiger partial charge is 0.424 e. The van der Waals surface area contributed by atoms with E-state index in [1.807, 2.05) is 18.2 Å². The van der Waals surface area contributed by atoms with Crippen LogP contribution in [0.5, 0.6) is 0 Å². The molecule has 2 atom stereocenters. The lowest BCUT2D eigenvalue weighted by atomic mass is 9.81. The molecule has 0 fully saturated rings. The molecule has 4 nitrogen and oxygen atoms in total. The van der Waals surface area contributed by atoms with E-state index in [1.165, 1.54) is 0 Å². The molecule has 0 saturated heterocycles. The van der Waals surface area contributed by atoms with Crippen LogP contribution in [-0.4, -0.2) is 17.7 Å². The molecule has 1 aliphatic rings. The predicted molar refractivity (Wildman–Crippen MR) is 97.0 cm³/mol. The summed E-state index contributed by atoms with van der Waals surface area (Å²) in [5.74, 6) is 0.361. The molecular formula is C20H25NO3. The van der Waals surface area contributed by atoms with E-state index in [4.69, 9.17) is 4.42 Å². The molecule has 1 aromatic carbocycles. The summed E-state index contributed by atoms with van der Waals surface area (Å²) >= 11 is 0. The first-order valence-electron chi connectivity index (χ1n) is 8.47. The van der Waals surface area contributed by atoms with Gasteiger partial charge in [-0.1, -0.05) is 45.0 Å². The summed E-state index contributed by atoms with van der Waals surface area (Å²) in [4.78, 5) is 12.3.